The van der Waals surface area contributed by atoms with E-state index in [4.69, 9.17) is 5.73 Å². The lowest BCUT2D eigenvalue weighted by atomic mass is 9.97. The standard InChI is InChI=1S/C13H12Br3N3/c14-7-5-9(15)12(10(16)6-7)19-11-4-2-1-3-8(11)13(17)18-19/h5-6H,1-4H2,(H2,17,18). The van der Waals surface area contributed by atoms with Crippen LogP contribution in [0.2, 0.25) is 0 Å². The highest BCUT2D eigenvalue weighted by Crippen LogP contribution is 2.36. The third-order valence-corrected chi connectivity index (χ3v) is 5.07. The first-order chi connectivity index (χ1) is 9.08. The van der Waals surface area contributed by atoms with Gasteiger partial charge in [-0.3, -0.25) is 0 Å². The number of nitrogen functional groups attached to an aromatic ring is 1. The van der Waals surface area contributed by atoms with E-state index in [0.29, 0.717) is 5.82 Å². The third kappa shape index (κ3) is 2.38. The van der Waals surface area contributed by atoms with Crippen LogP contribution in [0.15, 0.2) is 25.6 Å². The highest BCUT2D eigenvalue weighted by molar-refractivity contribution is 9.11. The van der Waals surface area contributed by atoms with E-state index in [2.05, 4.69) is 52.9 Å². The molecule has 19 heavy (non-hydrogen) atoms. The van der Waals surface area contributed by atoms with Crippen LogP contribution in [0.3, 0.4) is 0 Å². The molecule has 0 atom stereocenters. The molecule has 0 radical (unpaired) electrons. The second kappa shape index (κ2) is 5.22. The van der Waals surface area contributed by atoms with E-state index in [1.807, 2.05) is 16.8 Å². The van der Waals surface area contributed by atoms with Gasteiger partial charge in [0.25, 0.3) is 0 Å². The van der Waals surface area contributed by atoms with Crippen molar-refractivity contribution >= 4 is 53.6 Å². The minimum absolute atomic E-state index is 0.663. The average molecular weight is 450 g/mol. The van der Waals surface area contributed by atoms with Crippen molar-refractivity contribution in [1.82, 2.24) is 9.78 Å². The molecule has 1 aromatic heterocycles. The van der Waals surface area contributed by atoms with Gasteiger partial charge in [0.15, 0.2) is 0 Å². The average Bonchev–Trinajstić information content (AvgIpc) is 2.67. The van der Waals surface area contributed by atoms with E-state index >= 15 is 0 Å². The maximum atomic E-state index is 6.06. The predicted octanol–water partition coefficient (Wildman–Crippen LogP) is 4.62. The quantitative estimate of drug-likeness (QED) is 0.690. The molecule has 0 spiro atoms. The Labute approximate surface area is 136 Å². The Morgan fingerprint density at radius 1 is 1.05 bits per heavy atom. The molecular weight excluding hydrogens is 438 g/mol. The Morgan fingerprint density at radius 3 is 2.37 bits per heavy atom. The number of nitrogens with two attached hydrogens (primary N) is 1. The van der Waals surface area contributed by atoms with Gasteiger partial charge in [0.05, 0.1) is 5.69 Å². The van der Waals surface area contributed by atoms with Crippen molar-refractivity contribution in [2.24, 2.45) is 0 Å². The molecule has 0 amide bonds. The summed E-state index contributed by atoms with van der Waals surface area (Å²) >= 11 is 10.7. The van der Waals surface area contributed by atoms with Crippen LogP contribution in [0, 0.1) is 0 Å². The lowest BCUT2D eigenvalue weighted by Crippen LogP contribution is -2.09. The normalized spacial score (nSPS) is 14.5. The lowest BCUT2D eigenvalue weighted by Gasteiger charge is -2.16. The Balaban J connectivity index is 2.23. The first-order valence-electron chi connectivity index (χ1n) is 6.09. The number of hydrogen-bond acceptors (Lipinski definition) is 2. The van der Waals surface area contributed by atoms with Gasteiger partial charge < -0.3 is 5.73 Å². The van der Waals surface area contributed by atoms with Gasteiger partial charge in [-0.1, -0.05) is 15.9 Å². The number of aromatic nitrogens is 2. The molecule has 1 aromatic carbocycles. The van der Waals surface area contributed by atoms with Gasteiger partial charge >= 0.3 is 0 Å². The van der Waals surface area contributed by atoms with Crippen molar-refractivity contribution < 1.29 is 0 Å². The molecule has 1 heterocycles. The molecule has 100 valence electrons. The summed E-state index contributed by atoms with van der Waals surface area (Å²) in [6, 6.07) is 4.04. The summed E-state index contributed by atoms with van der Waals surface area (Å²) in [5.41, 5.74) is 9.53. The summed E-state index contributed by atoms with van der Waals surface area (Å²) in [7, 11) is 0. The van der Waals surface area contributed by atoms with Gasteiger partial charge in [-0.05, 0) is 69.7 Å². The number of rotatable bonds is 1. The number of fused-ring (bicyclic) bond motifs is 1. The molecule has 0 bridgehead atoms. The summed E-state index contributed by atoms with van der Waals surface area (Å²) in [6.07, 6.45) is 4.47. The molecule has 0 fully saturated rings. The molecular formula is C13H12Br3N3. The molecule has 2 N–H and O–H groups in total. The maximum absolute atomic E-state index is 6.06. The third-order valence-electron chi connectivity index (χ3n) is 3.40. The molecule has 0 saturated heterocycles. The molecule has 2 aromatic rings. The summed E-state index contributed by atoms with van der Waals surface area (Å²) in [5, 5.41) is 4.53. The smallest absolute Gasteiger partial charge is 0.149 e. The van der Waals surface area contributed by atoms with Crippen molar-refractivity contribution in [3.63, 3.8) is 0 Å². The molecule has 0 saturated carbocycles. The SMILES string of the molecule is Nc1nn(-c2c(Br)cc(Br)cc2Br)c2c1CCCC2. The minimum atomic E-state index is 0.663. The second-order valence-corrected chi connectivity index (χ2v) is 7.27. The first-order valence-corrected chi connectivity index (χ1v) is 8.47. The Morgan fingerprint density at radius 2 is 1.68 bits per heavy atom. The monoisotopic (exact) mass is 447 g/mol. The van der Waals surface area contributed by atoms with Crippen LogP contribution in [0.4, 0.5) is 5.82 Å². The van der Waals surface area contributed by atoms with E-state index in [0.717, 1.165) is 31.9 Å². The van der Waals surface area contributed by atoms with Crippen LogP contribution < -0.4 is 5.73 Å². The molecule has 0 unspecified atom stereocenters. The van der Waals surface area contributed by atoms with E-state index in [-0.39, 0.29) is 0 Å². The number of hydrogen-bond donors (Lipinski definition) is 1. The van der Waals surface area contributed by atoms with Gasteiger partial charge in [0, 0.05) is 24.7 Å². The van der Waals surface area contributed by atoms with Crippen LogP contribution in [0.25, 0.3) is 5.69 Å². The Hall–Kier alpha value is -0.330. The zero-order valence-electron chi connectivity index (χ0n) is 10.1. The minimum Gasteiger partial charge on any atom is -0.382 e. The van der Waals surface area contributed by atoms with Crippen LogP contribution in [-0.4, -0.2) is 9.78 Å². The van der Waals surface area contributed by atoms with Crippen molar-refractivity contribution in [3.8, 4) is 5.69 Å². The van der Waals surface area contributed by atoms with Crippen molar-refractivity contribution in [2.45, 2.75) is 25.7 Å². The van der Waals surface area contributed by atoms with Gasteiger partial charge in [-0.15, -0.1) is 0 Å². The largest absolute Gasteiger partial charge is 0.382 e. The zero-order chi connectivity index (χ0) is 13.6. The van der Waals surface area contributed by atoms with Crippen LogP contribution in [0.5, 0.6) is 0 Å². The predicted molar refractivity (Wildman–Crippen MR) is 87.7 cm³/mol. The molecule has 6 heteroatoms. The van der Waals surface area contributed by atoms with Crippen molar-refractivity contribution in [1.29, 1.82) is 0 Å². The summed E-state index contributed by atoms with van der Waals surface area (Å²) in [6.45, 7) is 0. The Kier molecular flexibility index (Phi) is 3.75. The van der Waals surface area contributed by atoms with Gasteiger partial charge in [-0.2, -0.15) is 5.10 Å². The molecule has 1 aliphatic carbocycles. The summed E-state index contributed by atoms with van der Waals surface area (Å²) in [5.74, 6) is 0.663. The van der Waals surface area contributed by atoms with Gasteiger partial charge in [0.2, 0.25) is 0 Å². The molecule has 0 aliphatic heterocycles. The van der Waals surface area contributed by atoms with E-state index < -0.39 is 0 Å². The van der Waals surface area contributed by atoms with Crippen LogP contribution in [-0.2, 0) is 12.8 Å². The number of anilines is 1. The van der Waals surface area contributed by atoms with Crippen LogP contribution >= 0.6 is 47.8 Å². The van der Waals surface area contributed by atoms with Crippen molar-refractivity contribution in [3.05, 3.63) is 36.8 Å². The highest BCUT2D eigenvalue weighted by Gasteiger charge is 2.22. The number of nitrogens with zero attached hydrogens (tertiary/aromatic N) is 2. The van der Waals surface area contributed by atoms with Gasteiger partial charge in [-0.25, -0.2) is 4.68 Å². The highest BCUT2D eigenvalue weighted by atomic mass is 79.9. The summed E-state index contributed by atoms with van der Waals surface area (Å²) < 4.78 is 4.97. The second-order valence-electron chi connectivity index (χ2n) is 4.65. The number of halogens is 3. The number of benzene rings is 1. The maximum Gasteiger partial charge on any atom is 0.149 e. The molecule has 3 nitrogen and oxygen atoms in total. The molecule has 1 aliphatic rings. The van der Waals surface area contributed by atoms with E-state index in [1.165, 1.54) is 24.1 Å². The van der Waals surface area contributed by atoms with E-state index in [1.54, 1.807) is 0 Å². The van der Waals surface area contributed by atoms with Gasteiger partial charge in [0.1, 0.15) is 5.82 Å². The van der Waals surface area contributed by atoms with Crippen molar-refractivity contribution in [2.75, 3.05) is 5.73 Å². The van der Waals surface area contributed by atoms with Crippen LogP contribution in [0.1, 0.15) is 24.1 Å². The zero-order valence-corrected chi connectivity index (χ0v) is 14.8. The fourth-order valence-corrected chi connectivity index (χ4v) is 5.14. The lowest BCUT2D eigenvalue weighted by molar-refractivity contribution is 0.652. The first kappa shape index (κ1) is 13.6. The molecule has 3 rings (SSSR count). The van der Waals surface area contributed by atoms with E-state index in [9.17, 15) is 0 Å². The fourth-order valence-electron chi connectivity index (χ4n) is 2.55. The Bertz CT molecular complexity index is 626. The fraction of sp³-hybridized carbons (Fsp3) is 0.308. The summed E-state index contributed by atoms with van der Waals surface area (Å²) in [4.78, 5) is 0. The topological polar surface area (TPSA) is 43.8 Å².